The summed E-state index contributed by atoms with van der Waals surface area (Å²) < 4.78 is 11.3. The molecule has 1 amide bonds. The molecule has 0 saturated heterocycles. The SMILES string of the molecule is Cc1cccc(OCC(=O)NN=Cc2ccc(OCc3ccccc3Cl)cc2)c1C. The van der Waals surface area contributed by atoms with E-state index in [0.29, 0.717) is 17.4 Å². The van der Waals surface area contributed by atoms with Crippen molar-refractivity contribution in [1.82, 2.24) is 5.43 Å². The van der Waals surface area contributed by atoms with Gasteiger partial charge >= 0.3 is 0 Å². The van der Waals surface area contributed by atoms with Gasteiger partial charge in [0.05, 0.1) is 6.21 Å². The molecule has 5 nitrogen and oxygen atoms in total. The number of halogens is 1. The third-order valence-electron chi connectivity index (χ3n) is 4.55. The quantitative estimate of drug-likeness (QED) is 0.407. The molecule has 0 bridgehead atoms. The zero-order valence-electron chi connectivity index (χ0n) is 16.9. The van der Waals surface area contributed by atoms with Crippen LogP contribution in [0.3, 0.4) is 0 Å². The van der Waals surface area contributed by atoms with E-state index in [1.807, 2.05) is 80.6 Å². The van der Waals surface area contributed by atoms with Gasteiger partial charge in [0.25, 0.3) is 5.91 Å². The van der Waals surface area contributed by atoms with Crippen LogP contribution in [0.5, 0.6) is 11.5 Å². The maximum Gasteiger partial charge on any atom is 0.277 e. The summed E-state index contributed by atoms with van der Waals surface area (Å²) in [7, 11) is 0. The summed E-state index contributed by atoms with van der Waals surface area (Å²) in [5, 5.41) is 4.65. The van der Waals surface area contributed by atoms with Gasteiger partial charge in [-0.25, -0.2) is 5.43 Å². The number of nitrogens with zero attached hydrogens (tertiary/aromatic N) is 1. The van der Waals surface area contributed by atoms with E-state index < -0.39 is 0 Å². The monoisotopic (exact) mass is 422 g/mol. The lowest BCUT2D eigenvalue weighted by atomic mass is 10.1. The van der Waals surface area contributed by atoms with Crippen molar-refractivity contribution in [3.05, 3.63) is 94.0 Å². The molecule has 0 saturated carbocycles. The van der Waals surface area contributed by atoms with E-state index in [1.165, 1.54) is 0 Å². The summed E-state index contributed by atoms with van der Waals surface area (Å²) >= 11 is 6.13. The Morgan fingerprint density at radius 2 is 1.77 bits per heavy atom. The van der Waals surface area contributed by atoms with Crippen LogP contribution in [0.25, 0.3) is 0 Å². The average molecular weight is 423 g/mol. The van der Waals surface area contributed by atoms with Gasteiger partial charge in [0.2, 0.25) is 0 Å². The van der Waals surface area contributed by atoms with Crippen LogP contribution in [0.4, 0.5) is 0 Å². The number of carbonyl (C=O) groups excluding carboxylic acids is 1. The lowest BCUT2D eigenvalue weighted by molar-refractivity contribution is -0.123. The Morgan fingerprint density at radius 3 is 2.53 bits per heavy atom. The lowest BCUT2D eigenvalue weighted by Crippen LogP contribution is -2.24. The second kappa shape index (κ2) is 10.5. The van der Waals surface area contributed by atoms with Crippen molar-refractivity contribution < 1.29 is 14.3 Å². The summed E-state index contributed by atoms with van der Waals surface area (Å²) in [6.45, 7) is 4.25. The number of hydrazone groups is 1. The second-order valence-electron chi connectivity index (χ2n) is 6.73. The lowest BCUT2D eigenvalue weighted by Gasteiger charge is -2.09. The van der Waals surface area contributed by atoms with Crippen molar-refractivity contribution in [2.24, 2.45) is 5.10 Å². The molecule has 0 heterocycles. The Balaban J connectivity index is 1.45. The molecule has 1 N–H and O–H groups in total. The zero-order chi connectivity index (χ0) is 21.3. The number of nitrogens with one attached hydrogen (secondary N) is 1. The molecule has 30 heavy (non-hydrogen) atoms. The van der Waals surface area contributed by atoms with E-state index in [4.69, 9.17) is 21.1 Å². The first-order valence-electron chi connectivity index (χ1n) is 9.50. The molecule has 0 aromatic heterocycles. The van der Waals surface area contributed by atoms with Gasteiger partial charge in [-0.15, -0.1) is 0 Å². The summed E-state index contributed by atoms with van der Waals surface area (Å²) in [5.41, 5.74) is 6.35. The fourth-order valence-corrected chi connectivity index (χ4v) is 2.85. The normalized spacial score (nSPS) is 10.8. The van der Waals surface area contributed by atoms with E-state index in [-0.39, 0.29) is 12.5 Å². The van der Waals surface area contributed by atoms with Crippen molar-refractivity contribution in [3.63, 3.8) is 0 Å². The van der Waals surface area contributed by atoms with Gasteiger partial charge in [-0.05, 0) is 66.9 Å². The van der Waals surface area contributed by atoms with Gasteiger partial charge in [0.1, 0.15) is 18.1 Å². The minimum atomic E-state index is -0.327. The smallest absolute Gasteiger partial charge is 0.277 e. The minimum absolute atomic E-state index is 0.101. The molecule has 0 atom stereocenters. The van der Waals surface area contributed by atoms with Gasteiger partial charge in [0, 0.05) is 10.6 Å². The standard InChI is InChI=1S/C24H23ClN2O3/c1-17-6-5-9-23(18(17)2)30-16-24(28)27-26-14-19-10-12-21(13-11-19)29-15-20-7-3-4-8-22(20)25/h3-14H,15-16H2,1-2H3,(H,27,28). The molecule has 154 valence electrons. The van der Waals surface area contributed by atoms with Crippen LogP contribution >= 0.6 is 11.6 Å². The van der Waals surface area contributed by atoms with Gasteiger partial charge < -0.3 is 9.47 Å². The first-order valence-corrected chi connectivity index (χ1v) is 9.88. The van der Waals surface area contributed by atoms with E-state index >= 15 is 0 Å². The molecule has 0 aliphatic carbocycles. The highest BCUT2D eigenvalue weighted by Gasteiger charge is 2.05. The Hall–Kier alpha value is -3.31. The third kappa shape index (κ3) is 6.09. The van der Waals surface area contributed by atoms with Gasteiger partial charge in [0.15, 0.2) is 6.61 Å². The van der Waals surface area contributed by atoms with Gasteiger partial charge in [-0.2, -0.15) is 5.10 Å². The number of benzene rings is 3. The highest BCUT2D eigenvalue weighted by molar-refractivity contribution is 6.31. The number of hydrogen-bond acceptors (Lipinski definition) is 4. The summed E-state index contributed by atoms with van der Waals surface area (Å²) in [6, 6.07) is 20.7. The van der Waals surface area contributed by atoms with Crippen molar-refractivity contribution in [3.8, 4) is 11.5 Å². The molecular formula is C24H23ClN2O3. The highest BCUT2D eigenvalue weighted by atomic mass is 35.5. The number of carbonyl (C=O) groups is 1. The Morgan fingerprint density at radius 1 is 1.00 bits per heavy atom. The average Bonchev–Trinajstić information content (AvgIpc) is 2.75. The number of hydrogen-bond donors (Lipinski definition) is 1. The van der Waals surface area contributed by atoms with Gasteiger partial charge in [-0.1, -0.05) is 41.9 Å². The summed E-state index contributed by atoms with van der Waals surface area (Å²) in [4.78, 5) is 11.9. The maximum absolute atomic E-state index is 11.9. The molecule has 3 rings (SSSR count). The molecule has 0 spiro atoms. The maximum atomic E-state index is 11.9. The van der Waals surface area contributed by atoms with E-state index in [1.54, 1.807) is 6.21 Å². The molecule has 0 fully saturated rings. The van der Waals surface area contributed by atoms with Crippen molar-refractivity contribution in [1.29, 1.82) is 0 Å². The first-order chi connectivity index (χ1) is 14.5. The van der Waals surface area contributed by atoms with Crippen LogP contribution in [0.1, 0.15) is 22.3 Å². The van der Waals surface area contributed by atoms with Crippen LogP contribution in [0.2, 0.25) is 5.02 Å². The Kier molecular flexibility index (Phi) is 7.46. The largest absolute Gasteiger partial charge is 0.489 e. The van der Waals surface area contributed by atoms with Crippen molar-refractivity contribution >= 4 is 23.7 Å². The fourth-order valence-electron chi connectivity index (χ4n) is 2.66. The Bertz CT molecular complexity index is 1030. The van der Waals surface area contributed by atoms with E-state index in [2.05, 4.69) is 10.5 Å². The van der Waals surface area contributed by atoms with E-state index in [0.717, 1.165) is 28.0 Å². The number of amides is 1. The van der Waals surface area contributed by atoms with Crippen LogP contribution in [0, 0.1) is 13.8 Å². The topological polar surface area (TPSA) is 59.9 Å². The molecule has 0 unspecified atom stereocenters. The third-order valence-corrected chi connectivity index (χ3v) is 4.92. The molecule has 3 aromatic rings. The van der Waals surface area contributed by atoms with Crippen LogP contribution in [-0.4, -0.2) is 18.7 Å². The Labute approximate surface area is 181 Å². The first kappa shape index (κ1) is 21.4. The molecule has 3 aromatic carbocycles. The zero-order valence-corrected chi connectivity index (χ0v) is 17.6. The second-order valence-corrected chi connectivity index (χ2v) is 7.14. The molecule has 6 heteroatoms. The van der Waals surface area contributed by atoms with Crippen LogP contribution in [-0.2, 0) is 11.4 Å². The fraction of sp³-hybridized carbons (Fsp3) is 0.167. The number of rotatable bonds is 8. The summed E-state index contributed by atoms with van der Waals surface area (Å²) in [6.07, 6.45) is 1.56. The molecule has 0 aliphatic rings. The van der Waals surface area contributed by atoms with Crippen LogP contribution < -0.4 is 14.9 Å². The minimum Gasteiger partial charge on any atom is -0.489 e. The van der Waals surface area contributed by atoms with E-state index in [9.17, 15) is 4.79 Å². The van der Waals surface area contributed by atoms with Crippen LogP contribution in [0.15, 0.2) is 71.8 Å². The van der Waals surface area contributed by atoms with Crippen molar-refractivity contribution in [2.45, 2.75) is 20.5 Å². The van der Waals surface area contributed by atoms with Gasteiger partial charge in [-0.3, -0.25) is 4.79 Å². The predicted molar refractivity (Wildman–Crippen MR) is 119 cm³/mol. The molecule has 0 radical (unpaired) electrons. The highest BCUT2D eigenvalue weighted by Crippen LogP contribution is 2.20. The number of aryl methyl sites for hydroxylation is 1. The van der Waals surface area contributed by atoms with Crippen molar-refractivity contribution in [2.75, 3.05) is 6.61 Å². The number of ether oxygens (including phenoxy) is 2. The molecular weight excluding hydrogens is 400 g/mol. The molecule has 0 aliphatic heterocycles. The predicted octanol–water partition coefficient (Wildman–Crippen LogP) is 5.06. The summed E-state index contributed by atoms with van der Waals surface area (Å²) in [5.74, 6) is 1.09.